The predicted octanol–water partition coefficient (Wildman–Crippen LogP) is 0.567. The Morgan fingerprint density at radius 3 is 2.54 bits per heavy atom. The molecule has 0 aliphatic carbocycles. The van der Waals surface area contributed by atoms with Gasteiger partial charge in [0.25, 0.3) is 0 Å². The van der Waals surface area contributed by atoms with E-state index in [1.54, 1.807) is 18.2 Å². The molecule has 1 heterocycles. The average Bonchev–Trinajstić information content (AvgIpc) is 2.92. The van der Waals surface area contributed by atoms with E-state index < -0.39 is 10.0 Å². The normalized spacial score (nSPS) is 13.5. The van der Waals surface area contributed by atoms with Crippen LogP contribution in [-0.2, 0) is 14.8 Å². The van der Waals surface area contributed by atoms with Crippen molar-refractivity contribution in [3.63, 3.8) is 0 Å². The second-order valence-electron chi connectivity index (χ2n) is 5.83. The van der Waals surface area contributed by atoms with Gasteiger partial charge >= 0.3 is 0 Å². The number of nitrogens with one attached hydrogen (secondary N) is 1. The molecule has 9 heteroatoms. The third-order valence-electron chi connectivity index (χ3n) is 3.51. The van der Waals surface area contributed by atoms with Crippen LogP contribution in [0.5, 0.6) is 11.5 Å². The number of anilines is 1. The van der Waals surface area contributed by atoms with Gasteiger partial charge in [0, 0.05) is 37.8 Å². The number of benzene rings is 1. The molecule has 1 N–H and O–H groups in total. The van der Waals surface area contributed by atoms with E-state index in [9.17, 15) is 13.2 Å². The van der Waals surface area contributed by atoms with Crippen LogP contribution in [-0.4, -0.2) is 70.3 Å². The first-order valence-corrected chi connectivity index (χ1v) is 9.40. The quantitative estimate of drug-likeness (QED) is 0.732. The van der Waals surface area contributed by atoms with Crippen LogP contribution in [0, 0.1) is 0 Å². The van der Waals surface area contributed by atoms with Gasteiger partial charge in [-0.25, -0.2) is 12.7 Å². The molecule has 1 aliphatic heterocycles. The highest BCUT2D eigenvalue weighted by Crippen LogP contribution is 2.34. The first-order chi connectivity index (χ1) is 11.3. The zero-order valence-electron chi connectivity index (χ0n) is 14.1. The summed E-state index contributed by atoms with van der Waals surface area (Å²) >= 11 is 0. The first-order valence-electron chi connectivity index (χ1n) is 7.55. The Morgan fingerprint density at radius 1 is 1.17 bits per heavy atom. The van der Waals surface area contributed by atoms with Crippen molar-refractivity contribution >= 4 is 21.6 Å². The lowest BCUT2D eigenvalue weighted by Crippen LogP contribution is -2.37. The van der Waals surface area contributed by atoms with Crippen molar-refractivity contribution in [2.24, 2.45) is 0 Å². The number of fused-ring (bicyclic) bond motifs is 1. The largest absolute Gasteiger partial charge is 0.454 e. The number of carbonyl (C=O) groups excluding carboxylic acids is 1. The van der Waals surface area contributed by atoms with Gasteiger partial charge in [-0.1, -0.05) is 0 Å². The highest BCUT2D eigenvalue weighted by Gasteiger charge is 2.18. The van der Waals surface area contributed by atoms with Gasteiger partial charge in [0.05, 0.1) is 6.26 Å². The lowest BCUT2D eigenvalue weighted by Gasteiger charge is -2.21. The van der Waals surface area contributed by atoms with Crippen LogP contribution < -0.4 is 14.8 Å². The Kier molecular flexibility index (Phi) is 6.03. The molecule has 1 amide bonds. The summed E-state index contributed by atoms with van der Waals surface area (Å²) in [6, 6.07) is 5.12. The highest BCUT2D eigenvalue weighted by atomic mass is 32.2. The number of ether oxygens (including phenoxy) is 2. The number of carbonyl (C=O) groups is 1. The molecule has 134 valence electrons. The van der Waals surface area contributed by atoms with Crippen molar-refractivity contribution in [3.05, 3.63) is 18.2 Å². The molecule has 0 spiro atoms. The Morgan fingerprint density at radius 2 is 1.88 bits per heavy atom. The van der Waals surface area contributed by atoms with Gasteiger partial charge in [-0.15, -0.1) is 0 Å². The van der Waals surface area contributed by atoms with E-state index >= 15 is 0 Å². The molecular weight excluding hydrogens is 334 g/mol. The highest BCUT2D eigenvalue weighted by molar-refractivity contribution is 7.88. The third-order valence-corrected chi connectivity index (χ3v) is 4.81. The average molecular weight is 357 g/mol. The SMILES string of the molecule is CN(C)CCN(CCC(=O)Nc1ccc2c(c1)OCO2)S(C)(=O)=O. The van der Waals surface area contributed by atoms with Crippen LogP contribution in [0.4, 0.5) is 5.69 Å². The summed E-state index contributed by atoms with van der Waals surface area (Å²) < 4.78 is 35.3. The Hall–Kier alpha value is -1.84. The molecule has 1 aromatic carbocycles. The van der Waals surface area contributed by atoms with Crippen molar-refractivity contribution in [2.75, 3.05) is 52.1 Å². The number of sulfonamides is 1. The minimum absolute atomic E-state index is 0.0783. The number of likely N-dealkylation sites (N-methyl/N-ethyl adjacent to an activating group) is 1. The van der Waals surface area contributed by atoms with Crippen LogP contribution in [0.15, 0.2) is 18.2 Å². The van der Waals surface area contributed by atoms with E-state index in [2.05, 4.69) is 5.32 Å². The second kappa shape index (κ2) is 7.82. The molecule has 0 saturated heterocycles. The molecule has 2 rings (SSSR count). The van der Waals surface area contributed by atoms with E-state index in [1.807, 2.05) is 19.0 Å². The second-order valence-corrected chi connectivity index (χ2v) is 7.81. The molecule has 0 fully saturated rings. The van der Waals surface area contributed by atoms with E-state index in [0.717, 1.165) is 6.26 Å². The molecule has 0 radical (unpaired) electrons. The predicted molar refractivity (Wildman–Crippen MR) is 90.8 cm³/mol. The minimum atomic E-state index is -3.35. The zero-order chi connectivity index (χ0) is 17.7. The van der Waals surface area contributed by atoms with Crippen molar-refractivity contribution < 1.29 is 22.7 Å². The fraction of sp³-hybridized carbons (Fsp3) is 0.533. The standard InChI is InChI=1S/C15H23N3O5S/c1-17(2)8-9-18(24(3,20)21)7-6-15(19)16-12-4-5-13-14(10-12)23-11-22-13/h4-5,10H,6-9,11H2,1-3H3,(H,16,19). The molecule has 8 nitrogen and oxygen atoms in total. The van der Waals surface area contributed by atoms with Gasteiger partial charge in [0.2, 0.25) is 22.7 Å². The molecule has 0 unspecified atom stereocenters. The number of nitrogens with zero attached hydrogens (tertiary/aromatic N) is 2. The molecule has 1 aromatic rings. The van der Waals surface area contributed by atoms with Gasteiger partial charge in [0.15, 0.2) is 11.5 Å². The molecule has 0 bridgehead atoms. The van der Waals surface area contributed by atoms with E-state index in [-0.39, 0.29) is 25.7 Å². The van der Waals surface area contributed by atoms with E-state index in [4.69, 9.17) is 9.47 Å². The maximum Gasteiger partial charge on any atom is 0.231 e. The summed E-state index contributed by atoms with van der Waals surface area (Å²) in [7, 11) is 0.389. The van der Waals surface area contributed by atoms with Gasteiger partial charge < -0.3 is 19.7 Å². The summed E-state index contributed by atoms with van der Waals surface area (Å²) in [4.78, 5) is 14.0. The minimum Gasteiger partial charge on any atom is -0.454 e. The fourth-order valence-corrected chi connectivity index (χ4v) is 3.02. The number of amides is 1. The van der Waals surface area contributed by atoms with Crippen molar-refractivity contribution in [3.8, 4) is 11.5 Å². The fourth-order valence-electron chi connectivity index (χ4n) is 2.18. The third kappa shape index (κ3) is 5.36. The van der Waals surface area contributed by atoms with Crippen molar-refractivity contribution in [1.82, 2.24) is 9.21 Å². The maximum atomic E-state index is 12.1. The van der Waals surface area contributed by atoms with Gasteiger partial charge in [0.1, 0.15) is 0 Å². The van der Waals surface area contributed by atoms with E-state index in [1.165, 1.54) is 4.31 Å². The molecule has 0 saturated carbocycles. The van der Waals surface area contributed by atoms with Crippen LogP contribution in [0.2, 0.25) is 0 Å². The van der Waals surface area contributed by atoms with Gasteiger partial charge in [-0.3, -0.25) is 4.79 Å². The summed E-state index contributed by atoms with van der Waals surface area (Å²) in [5.74, 6) is 0.962. The molecule has 0 aromatic heterocycles. The van der Waals surface area contributed by atoms with Crippen molar-refractivity contribution in [2.45, 2.75) is 6.42 Å². The summed E-state index contributed by atoms with van der Waals surface area (Å²) in [5, 5.41) is 2.74. The Bertz CT molecular complexity index is 690. The topological polar surface area (TPSA) is 88.2 Å². The number of hydrogen-bond acceptors (Lipinski definition) is 6. The molecule has 1 aliphatic rings. The molecule has 24 heavy (non-hydrogen) atoms. The van der Waals surface area contributed by atoms with Crippen LogP contribution >= 0.6 is 0 Å². The number of hydrogen-bond donors (Lipinski definition) is 1. The summed E-state index contributed by atoms with van der Waals surface area (Å²) in [5.41, 5.74) is 0.587. The number of rotatable bonds is 8. The first kappa shape index (κ1) is 18.5. The lowest BCUT2D eigenvalue weighted by atomic mass is 10.2. The smallest absolute Gasteiger partial charge is 0.231 e. The monoisotopic (exact) mass is 357 g/mol. The Balaban J connectivity index is 1.88. The Labute approximate surface area is 142 Å². The van der Waals surface area contributed by atoms with E-state index in [0.29, 0.717) is 30.3 Å². The summed E-state index contributed by atoms with van der Waals surface area (Å²) in [6.07, 6.45) is 1.23. The molecule has 0 atom stereocenters. The van der Waals surface area contributed by atoms with Gasteiger partial charge in [-0.2, -0.15) is 0 Å². The van der Waals surface area contributed by atoms with Crippen LogP contribution in [0.25, 0.3) is 0 Å². The van der Waals surface area contributed by atoms with Gasteiger partial charge in [-0.05, 0) is 26.2 Å². The maximum absolute atomic E-state index is 12.1. The zero-order valence-corrected chi connectivity index (χ0v) is 14.9. The summed E-state index contributed by atoms with van der Waals surface area (Å²) in [6.45, 7) is 1.25. The van der Waals surface area contributed by atoms with Crippen molar-refractivity contribution in [1.29, 1.82) is 0 Å². The molecular formula is C15H23N3O5S. The van der Waals surface area contributed by atoms with Crippen LogP contribution in [0.1, 0.15) is 6.42 Å². The lowest BCUT2D eigenvalue weighted by molar-refractivity contribution is -0.116. The van der Waals surface area contributed by atoms with Crippen LogP contribution in [0.3, 0.4) is 0 Å².